The topological polar surface area (TPSA) is 97.7 Å². The fourth-order valence-corrected chi connectivity index (χ4v) is 5.61. The van der Waals surface area contributed by atoms with Crippen LogP contribution in [0.5, 0.6) is 0 Å². The standard InChI is InChI=1S/C7H18O6S2Si/c1-4-16(2,3)13-15(11,12)7-5-6-14(8,9)10/h4-7H2,1-3H3,(H,8,9,10). The van der Waals surface area contributed by atoms with Gasteiger partial charge in [-0.3, -0.25) is 4.55 Å². The molecule has 98 valence electrons. The molecule has 0 rings (SSSR count). The van der Waals surface area contributed by atoms with E-state index in [0.717, 1.165) is 0 Å². The molecule has 16 heavy (non-hydrogen) atoms. The Balaban J connectivity index is 4.28. The zero-order chi connectivity index (χ0) is 13.0. The first-order valence-corrected chi connectivity index (χ1v) is 11.2. The summed E-state index contributed by atoms with van der Waals surface area (Å²) in [7, 11) is -10.0. The minimum Gasteiger partial charge on any atom is -0.315 e. The number of rotatable bonds is 7. The first-order valence-electron chi connectivity index (χ1n) is 4.86. The van der Waals surface area contributed by atoms with Crippen molar-refractivity contribution >= 4 is 28.6 Å². The van der Waals surface area contributed by atoms with Crippen molar-refractivity contribution in [2.75, 3.05) is 11.5 Å². The van der Waals surface area contributed by atoms with Crippen LogP contribution >= 0.6 is 0 Å². The molecule has 1 N–H and O–H groups in total. The van der Waals surface area contributed by atoms with Crippen LogP contribution in [0, 0.1) is 0 Å². The summed E-state index contributed by atoms with van der Waals surface area (Å²) in [6.07, 6.45) is -0.157. The molecule has 0 aliphatic heterocycles. The normalized spacial score (nSPS) is 14.0. The van der Waals surface area contributed by atoms with Crippen LogP contribution in [-0.4, -0.2) is 41.2 Å². The molecular formula is C7H18O6S2Si. The van der Waals surface area contributed by atoms with E-state index in [1.54, 1.807) is 13.1 Å². The average Bonchev–Trinajstić information content (AvgIpc) is 1.99. The lowest BCUT2D eigenvalue weighted by molar-refractivity contribution is 0.476. The lowest BCUT2D eigenvalue weighted by atomic mass is 10.6. The molecule has 0 atom stereocenters. The van der Waals surface area contributed by atoms with Gasteiger partial charge in [0.1, 0.15) is 0 Å². The van der Waals surface area contributed by atoms with Gasteiger partial charge in [0.2, 0.25) is 8.32 Å². The summed E-state index contributed by atoms with van der Waals surface area (Å²) in [5, 5.41) is 0. The Hall–Kier alpha value is 0.0369. The summed E-state index contributed by atoms with van der Waals surface area (Å²) < 4.78 is 57.1. The van der Waals surface area contributed by atoms with E-state index < -0.39 is 34.3 Å². The third-order valence-electron chi connectivity index (χ3n) is 2.00. The second kappa shape index (κ2) is 5.58. The van der Waals surface area contributed by atoms with Gasteiger partial charge in [-0.1, -0.05) is 6.92 Å². The van der Waals surface area contributed by atoms with Crippen molar-refractivity contribution in [3.05, 3.63) is 0 Å². The molecule has 0 radical (unpaired) electrons. The lowest BCUT2D eigenvalue weighted by Crippen LogP contribution is -2.33. The summed E-state index contributed by atoms with van der Waals surface area (Å²) in [5.41, 5.74) is 0. The van der Waals surface area contributed by atoms with Crippen molar-refractivity contribution in [1.29, 1.82) is 0 Å². The van der Waals surface area contributed by atoms with Crippen molar-refractivity contribution in [3.63, 3.8) is 0 Å². The maximum Gasteiger partial charge on any atom is 0.264 e. The molecule has 0 spiro atoms. The van der Waals surface area contributed by atoms with Crippen LogP contribution in [-0.2, 0) is 24.1 Å². The second-order valence-electron chi connectivity index (χ2n) is 4.10. The Morgan fingerprint density at radius 2 is 1.62 bits per heavy atom. The highest BCUT2D eigenvalue weighted by Gasteiger charge is 2.27. The fraction of sp³-hybridized carbons (Fsp3) is 1.00. The van der Waals surface area contributed by atoms with Gasteiger partial charge in [-0.05, 0) is 25.6 Å². The zero-order valence-corrected chi connectivity index (χ0v) is 12.3. The highest BCUT2D eigenvalue weighted by molar-refractivity contribution is 7.88. The molecule has 0 amide bonds. The van der Waals surface area contributed by atoms with Crippen molar-refractivity contribution in [1.82, 2.24) is 0 Å². The first kappa shape index (κ1) is 16.0. The SMILES string of the molecule is CC[Si](C)(C)OS(=O)(=O)CCCS(=O)(=O)O. The van der Waals surface area contributed by atoms with Gasteiger partial charge in [-0.15, -0.1) is 0 Å². The van der Waals surface area contributed by atoms with Crippen LogP contribution in [0.15, 0.2) is 0 Å². The van der Waals surface area contributed by atoms with E-state index in [-0.39, 0.29) is 12.2 Å². The highest BCUT2D eigenvalue weighted by Crippen LogP contribution is 2.14. The van der Waals surface area contributed by atoms with Gasteiger partial charge < -0.3 is 3.87 Å². The van der Waals surface area contributed by atoms with Gasteiger partial charge in [0.25, 0.3) is 20.2 Å². The van der Waals surface area contributed by atoms with Crippen LogP contribution in [0.4, 0.5) is 0 Å². The molecule has 6 nitrogen and oxygen atoms in total. The van der Waals surface area contributed by atoms with Gasteiger partial charge in [0.15, 0.2) is 0 Å². The van der Waals surface area contributed by atoms with E-state index in [0.29, 0.717) is 6.04 Å². The number of hydrogen-bond donors (Lipinski definition) is 1. The Labute approximate surface area is 98.0 Å². The van der Waals surface area contributed by atoms with Crippen LogP contribution in [0.25, 0.3) is 0 Å². The fourth-order valence-electron chi connectivity index (χ4n) is 0.862. The number of hydrogen-bond acceptors (Lipinski definition) is 5. The molecule has 0 saturated carbocycles. The summed E-state index contributed by atoms with van der Waals surface area (Å²) in [5.74, 6) is -0.951. The quantitative estimate of drug-likeness (QED) is 0.551. The molecule has 0 aliphatic rings. The molecule has 0 aliphatic carbocycles. The van der Waals surface area contributed by atoms with Gasteiger partial charge in [0.05, 0.1) is 11.5 Å². The van der Waals surface area contributed by atoms with Crippen LogP contribution in [0.3, 0.4) is 0 Å². The monoisotopic (exact) mass is 290 g/mol. The van der Waals surface area contributed by atoms with E-state index >= 15 is 0 Å². The van der Waals surface area contributed by atoms with Gasteiger partial charge in [-0.2, -0.15) is 8.42 Å². The van der Waals surface area contributed by atoms with Gasteiger partial charge in [-0.25, -0.2) is 8.42 Å². The van der Waals surface area contributed by atoms with Crippen molar-refractivity contribution in [2.45, 2.75) is 32.5 Å². The van der Waals surface area contributed by atoms with Crippen molar-refractivity contribution in [3.8, 4) is 0 Å². The molecule has 0 heterocycles. The van der Waals surface area contributed by atoms with Crippen molar-refractivity contribution < 1.29 is 25.3 Å². The predicted molar refractivity (Wildman–Crippen MR) is 63.9 cm³/mol. The summed E-state index contributed by atoms with van der Waals surface area (Å²) >= 11 is 0. The molecular weight excluding hydrogens is 272 g/mol. The molecule has 0 bridgehead atoms. The van der Waals surface area contributed by atoms with E-state index in [9.17, 15) is 16.8 Å². The summed E-state index contributed by atoms with van der Waals surface area (Å²) in [4.78, 5) is 0. The Bertz CT molecular complexity index is 410. The maximum atomic E-state index is 11.4. The first-order chi connectivity index (χ1) is 6.97. The average molecular weight is 290 g/mol. The Morgan fingerprint density at radius 3 is 2.00 bits per heavy atom. The van der Waals surface area contributed by atoms with Crippen LogP contribution in [0.2, 0.25) is 19.1 Å². The molecule has 0 saturated heterocycles. The molecule has 0 unspecified atom stereocenters. The molecule has 0 fully saturated rings. The summed E-state index contributed by atoms with van der Waals surface area (Å²) in [6.45, 7) is 5.39. The second-order valence-corrected chi connectivity index (χ2v) is 12.1. The zero-order valence-electron chi connectivity index (χ0n) is 9.63. The van der Waals surface area contributed by atoms with Crippen LogP contribution < -0.4 is 0 Å². The van der Waals surface area contributed by atoms with E-state index in [1.807, 2.05) is 6.92 Å². The largest absolute Gasteiger partial charge is 0.315 e. The maximum absolute atomic E-state index is 11.4. The minimum absolute atomic E-state index is 0.157. The predicted octanol–water partition coefficient (Wildman–Crippen LogP) is 0.836. The van der Waals surface area contributed by atoms with Crippen molar-refractivity contribution in [2.24, 2.45) is 0 Å². The molecule has 0 aromatic rings. The lowest BCUT2D eigenvalue weighted by Gasteiger charge is -2.19. The molecule has 0 aromatic carbocycles. The van der Waals surface area contributed by atoms with Gasteiger partial charge >= 0.3 is 0 Å². The Kier molecular flexibility index (Phi) is 5.60. The third kappa shape index (κ3) is 8.22. The molecule has 9 heteroatoms. The molecule has 0 aromatic heterocycles. The van der Waals surface area contributed by atoms with Crippen LogP contribution in [0.1, 0.15) is 13.3 Å². The smallest absolute Gasteiger partial charge is 0.264 e. The van der Waals surface area contributed by atoms with Gasteiger partial charge in [0, 0.05) is 0 Å². The minimum atomic E-state index is -4.10. The third-order valence-corrected chi connectivity index (χ3v) is 8.12. The Morgan fingerprint density at radius 1 is 1.12 bits per heavy atom. The van der Waals surface area contributed by atoms with E-state index in [4.69, 9.17) is 8.42 Å². The van der Waals surface area contributed by atoms with E-state index in [1.165, 1.54) is 0 Å². The highest BCUT2D eigenvalue weighted by atomic mass is 32.2. The summed E-state index contributed by atoms with van der Waals surface area (Å²) in [6, 6.07) is 0.657. The van der Waals surface area contributed by atoms with E-state index in [2.05, 4.69) is 0 Å².